The van der Waals surface area contributed by atoms with Gasteiger partial charge in [-0.05, 0) is 12.1 Å². The van der Waals surface area contributed by atoms with E-state index in [-0.39, 0.29) is 0 Å². The molecule has 0 N–H and O–H groups in total. The van der Waals surface area contributed by atoms with E-state index in [1.165, 1.54) is 5.56 Å². The van der Waals surface area contributed by atoms with Gasteiger partial charge in [-0.1, -0.05) is 46.8 Å². The Kier molecular flexibility index (Phi) is 3.00. The van der Waals surface area contributed by atoms with E-state index < -0.39 is 0 Å². The Balaban J connectivity index is 2.69. The van der Waals surface area contributed by atoms with E-state index in [1.807, 2.05) is 0 Å². The summed E-state index contributed by atoms with van der Waals surface area (Å²) in [5.74, 6) is 0. The molecule has 51 valence electrons. The van der Waals surface area contributed by atoms with Crippen LogP contribution in [0, 0.1) is 0 Å². The van der Waals surface area contributed by atoms with Crippen molar-refractivity contribution in [1.82, 2.24) is 0 Å². The van der Waals surface area contributed by atoms with E-state index in [9.17, 15) is 0 Å². The Morgan fingerprint density at radius 3 is 2.40 bits per heavy atom. The quantitative estimate of drug-likeness (QED) is 0.637. The molecule has 2 heteroatoms. The summed E-state index contributed by atoms with van der Waals surface area (Å²) in [6, 6.07) is 8.39. The third kappa shape index (κ3) is 2.18. The van der Waals surface area contributed by atoms with Crippen molar-refractivity contribution in [2.24, 2.45) is 0 Å². The lowest BCUT2D eigenvalue weighted by Crippen LogP contribution is -1.89. The van der Waals surface area contributed by atoms with Gasteiger partial charge in [0.1, 0.15) is 7.28 Å². The Labute approximate surface area is 71.0 Å². The van der Waals surface area contributed by atoms with Crippen molar-refractivity contribution in [1.29, 1.82) is 0 Å². The maximum absolute atomic E-state index is 3.39. The SMILES string of the molecule is C[B]Cc1ccc(Br)cc1. The molecule has 1 aromatic rings. The second-order valence-electron chi connectivity index (χ2n) is 2.24. The lowest BCUT2D eigenvalue weighted by molar-refractivity contribution is 1.37. The maximum atomic E-state index is 3.39. The van der Waals surface area contributed by atoms with Gasteiger partial charge in [0.2, 0.25) is 0 Å². The highest BCUT2D eigenvalue weighted by Gasteiger charge is 1.89. The fraction of sp³-hybridized carbons (Fsp3) is 0.250. The molecule has 0 bridgehead atoms. The van der Waals surface area contributed by atoms with Crippen LogP contribution in [-0.4, -0.2) is 7.28 Å². The van der Waals surface area contributed by atoms with Crippen molar-refractivity contribution in [3.63, 3.8) is 0 Å². The van der Waals surface area contributed by atoms with E-state index in [1.54, 1.807) is 0 Å². The highest BCUT2D eigenvalue weighted by atomic mass is 79.9. The highest BCUT2D eigenvalue weighted by Crippen LogP contribution is 2.10. The van der Waals surface area contributed by atoms with Crippen molar-refractivity contribution in [2.75, 3.05) is 0 Å². The average Bonchev–Trinajstić information content (AvgIpc) is 1.95. The number of hydrogen-bond donors (Lipinski definition) is 0. The summed E-state index contributed by atoms with van der Waals surface area (Å²) in [6.45, 7) is 2.07. The van der Waals surface area contributed by atoms with Crippen LogP contribution in [0.1, 0.15) is 5.56 Å². The van der Waals surface area contributed by atoms with Gasteiger partial charge in [-0.25, -0.2) is 0 Å². The van der Waals surface area contributed by atoms with Gasteiger partial charge in [-0.15, -0.1) is 0 Å². The van der Waals surface area contributed by atoms with Gasteiger partial charge in [0, 0.05) is 4.47 Å². The van der Waals surface area contributed by atoms with Crippen LogP contribution in [0.3, 0.4) is 0 Å². The maximum Gasteiger partial charge on any atom is 0.111 e. The topological polar surface area (TPSA) is 0 Å². The standard InChI is InChI=1S/C8H9BBr/c1-9-6-7-2-4-8(10)5-3-7/h2-5H,6H2,1H3. The molecule has 0 aliphatic carbocycles. The Hall–Kier alpha value is -0.235. The number of benzene rings is 1. The zero-order valence-electron chi connectivity index (χ0n) is 5.97. The molecule has 0 aliphatic rings. The molecule has 0 aromatic heterocycles. The van der Waals surface area contributed by atoms with Crippen LogP contribution in [0.15, 0.2) is 28.7 Å². The molecular weight excluding hydrogens is 187 g/mol. The first-order valence-electron chi connectivity index (χ1n) is 3.35. The van der Waals surface area contributed by atoms with Gasteiger partial charge in [-0.3, -0.25) is 0 Å². The van der Waals surface area contributed by atoms with Crippen LogP contribution in [-0.2, 0) is 6.32 Å². The summed E-state index contributed by atoms with van der Waals surface area (Å²) >= 11 is 3.39. The molecule has 0 nitrogen and oxygen atoms in total. The fourth-order valence-corrected chi connectivity index (χ4v) is 1.12. The zero-order valence-corrected chi connectivity index (χ0v) is 7.56. The van der Waals surface area contributed by atoms with E-state index in [0.29, 0.717) is 0 Å². The monoisotopic (exact) mass is 195 g/mol. The highest BCUT2D eigenvalue weighted by molar-refractivity contribution is 9.10. The summed E-state index contributed by atoms with van der Waals surface area (Å²) < 4.78 is 1.15. The number of halogens is 1. The summed E-state index contributed by atoms with van der Waals surface area (Å²) in [5, 5.41) is 0. The van der Waals surface area contributed by atoms with Gasteiger partial charge < -0.3 is 0 Å². The zero-order chi connectivity index (χ0) is 7.40. The smallest absolute Gasteiger partial charge is 0.0917 e. The first-order valence-corrected chi connectivity index (χ1v) is 4.14. The minimum atomic E-state index is 1.06. The van der Waals surface area contributed by atoms with Crippen LogP contribution in [0.25, 0.3) is 0 Å². The minimum absolute atomic E-state index is 1.06. The van der Waals surface area contributed by atoms with Crippen molar-refractivity contribution in [3.8, 4) is 0 Å². The van der Waals surface area contributed by atoms with E-state index in [4.69, 9.17) is 0 Å². The second-order valence-corrected chi connectivity index (χ2v) is 3.15. The molecule has 0 aliphatic heterocycles. The first-order chi connectivity index (χ1) is 4.83. The van der Waals surface area contributed by atoms with Crippen LogP contribution < -0.4 is 0 Å². The van der Waals surface area contributed by atoms with Crippen LogP contribution >= 0.6 is 15.9 Å². The Morgan fingerprint density at radius 2 is 1.90 bits per heavy atom. The average molecular weight is 196 g/mol. The molecule has 10 heavy (non-hydrogen) atoms. The van der Waals surface area contributed by atoms with Crippen LogP contribution in [0.2, 0.25) is 6.82 Å². The van der Waals surface area contributed by atoms with Gasteiger partial charge in [0.25, 0.3) is 0 Å². The van der Waals surface area contributed by atoms with Gasteiger partial charge >= 0.3 is 0 Å². The minimum Gasteiger partial charge on any atom is -0.0917 e. The third-order valence-electron chi connectivity index (χ3n) is 1.35. The first kappa shape index (κ1) is 7.87. The van der Waals surface area contributed by atoms with Crippen LogP contribution in [0.5, 0.6) is 0 Å². The van der Waals surface area contributed by atoms with Gasteiger partial charge in [0.15, 0.2) is 0 Å². The molecule has 0 atom stereocenters. The summed E-state index contributed by atoms with van der Waals surface area (Å²) in [5.41, 5.74) is 1.37. The molecular formula is C8H9BBr. The molecule has 0 fully saturated rings. The summed E-state index contributed by atoms with van der Waals surface area (Å²) in [6.07, 6.45) is 1.06. The van der Waals surface area contributed by atoms with Crippen molar-refractivity contribution in [2.45, 2.75) is 13.1 Å². The van der Waals surface area contributed by atoms with Gasteiger partial charge in [-0.2, -0.15) is 0 Å². The fourth-order valence-electron chi connectivity index (χ4n) is 0.856. The molecule has 1 rings (SSSR count). The predicted molar refractivity (Wildman–Crippen MR) is 49.5 cm³/mol. The molecule has 0 heterocycles. The second kappa shape index (κ2) is 3.82. The lowest BCUT2D eigenvalue weighted by atomic mass is 9.75. The molecule has 0 spiro atoms. The molecule has 0 saturated heterocycles. The normalized spacial score (nSPS) is 9.40. The Morgan fingerprint density at radius 1 is 1.30 bits per heavy atom. The molecule has 0 amide bonds. The van der Waals surface area contributed by atoms with E-state index >= 15 is 0 Å². The summed E-state index contributed by atoms with van der Waals surface area (Å²) in [7, 11) is 2.16. The van der Waals surface area contributed by atoms with Crippen molar-refractivity contribution in [3.05, 3.63) is 34.3 Å². The van der Waals surface area contributed by atoms with Crippen LogP contribution in [0.4, 0.5) is 0 Å². The summed E-state index contributed by atoms with van der Waals surface area (Å²) in [4.78, 5) is 0. The largest absolute Gasteiger partial charge is 0.111 e. The molecule has 0 saturated carbocycles. The molecule has 1 radical (unpaired) electrons. The third-order valence-corrected chi connectivity index (χ3v) is 1.88. The molecule has 0 unspecified atom stereocenters. The van der Waals surface area contributed by atoms with Crippen molar-refractivity contribution >= 4 is 23.2 Å². The van der Waals surface area contributed by atoms with Gasteiger partial charge in [0.05, 0.1) is 0 Å². The number of hydrogen-bond acceptors (Lipinski definition) is 0. The van der Waals surface area contributed by atoms with Crippen molar-refractivity contribution < 1.29 is 0 Å². The molecule has 1 aromatic carbocycles. The van der Waals surface area contributed by atoms with E-state index in [2.05, 4.69) is 54.3 Å². The van der Waals surface area contributed by atoms with E-state index in [0.717, 1.165) is 10.8 Å². The lowest BCUT2D eigenvalue weighted by Gasteiger charge is -1.95. The number of rotatable bonds is 2. The predicted octanol–water partition coefficient (Wildman–Crippen LogP) is 2.70. The Bertz CT molecular complexity index is 193.